The molecule has 0 saturated heterocycles. The summed E-state index contributed by atoms with van der Waals surface area (Å²) in [5.74, 6) is -0.151. The molecule has 1 amide bonds. The highest BCUT2D eigenvalue weighted by atomic mass is 35.5. The molecule has 0 aliphatic carbocycles. The summed E-state index contributed by atoms with van der Waals surface area (Å²) in [6, 6.07) is 3.71. The van der Waals surface area contributed by atoms with Crippen LogP contribution < -0.4 is 0 Å². The summed E-state index contributed by atoms with van der Waals surface area (Å²) in [4.78, 5) is 19.0. The van der Waals surface area contributed by atoms with E-state index in [1.807, 2.05) is 19.1 Å². The molecule has 2 aromatic rings. The molecule has 2 aromatic heterocycles. The number of thiazole rings is 1. The van der Waals surface area contributed by atoms with Crippen LogP contribution in [-0.2, 0) is 0 Å². The maximum Gasteiger partial charge on any atom is 0.273 e. The lowest BCUT2D eigenvalue weighted by Crippen LogP contribution is -2.33. The Hall–Kier alpha value is -0.950. The number of carbonyl (C=O) groups excluding carboxylic acids is 1. The third-order valence-electron chi connectivity index (χ3n) is 2.55. The van der Waals surface area contributed by atoms with E-state index in [0.29, 0.717) is 23.1 Å². The van der Waals surface area contributed by atoms with Crippen LogP contribution in [0.25, 0.3) is 9.88 Å². The van der Waals surface area contributed by atoms with Crippen LogP contribution in [-0.4, -0.2) is 40.6 Å². The Morgan fingerprint density at radius 3 is 2.89 bits per heavy atom. The second kappa shape index (κ2) is 6.47. The maximum absolute atomic E-state index is 12.2. The number of halogens is 1. The number of hydrogen-bond donors (Lipinski definition) is 1. The Balaban J connectivity index is 2.18. The lowest BCUT2D eigenvalue weighted by molar-refractivity contribution is 0.0727. The van der Waals surface area contributed by atoms with Gasteiger partial charge in [-0.05, 0) is 19.1 Å². The summed E-state index contributed by atoms with van der Waals surface area (Å²) < 4.78 is 0.702. The van der Waals surface area contributed by atoms with Crippen LogP contribution in [0.1, 0.15) is 17.4 Å². The predicted molar refractivity (Wildman–Crippen MR) is 79.1 cm³/mol. The largest absolute Gasteiger partial charge is 0.395 e. The Kier molecular flexibility index (Phi) is 4.93. The average Bonchev–Trinajstić information content (AvgIpc) is 3.03. The highest BCUT2D eigenvalue weighted by Gasteiger charge is 2.17. The molecule has 0 aliphatic heterocycles. The molecule has 0 fully saturated rings. The molecular formula is C12H13ClN2O2S2. The van der Waals surface area contributed by atoms with Gasteiger partial charge in [-0.15, -0.1) is 22.7 Å². The number of hydrogen-bond acceptors (Lipinski definition) is 5. The molecule has 19 heavy (non-hydrogen) atoms. The number of carbonyl (C=O) groups is 1. The summed E-state index contributed by atoms with van der Waals surface area (Å²) in [7, 11) is 0. The number of likely N-dealkylation sites (N-methyl/N-ethyl adjacent to an activating group) is 1. The van der Waals surface area contributed by atoms with Crippen molar-refractivity contribution in [3.8, 4) is 9.88 Å². The van der Waals surface area contributed by atoms with Crippen molar-refractivity contribution in [1.29, 1.82) is 0 Å². The van der Waals surface area contributed by atoms with E-state index in [9.17, 15) is 4.79 Å². The molecule has 2 heterocycles. The minimum atomic E-state index is -0.151. The van der Waals surface area contributed by atoms with E-state index in [1.54, 1.807) is 10.3 Å². The van der Waals surface area contributed by atoms with Crippen molar-refractivity contribution in [2.45, 2.75) is 6.92 Å². The first-order valence-electron chi connectivity index (χ1n) is 5.77. The number of aliphatic hydroxyl groups excluding tert-OH is 1. The van der Waals surface area contributed by atoms with Crippen molar-refractivity contribution in [3.05, 3.63) is 27.5 Å². The normalized spacial score (nSPS) is 10.7. The molecule has 7 heteroatoms. The zero-order valence-corrected chi connectivity index (χ0v) is 12.7. The molecule has 1 N–H and O–H groups in total. The highest BCUT2D eigenvalue weighted by molar-refractivity contribution is 7.23. The molecule has 102 valence electrons. The minimum absolute atomic E-state index is 0.0445. The lowest BCUT2D eigenvalue weighted by Gasteiger charge is -2.17. The molecule has 0 atom stereocenters. The van der Waals surface area contributed by atoms with Gasteiger partial charge in [0, 0.05) is 18.5 Å². The summed E-state index contributed by atoms with van der Waals surface area (Å²) in [6.45, 7) is 2.71. The molecule has 0 unspecified atom stereocenters. The van der Waals surface area contributed by atoms with Crippen molar-refractivity contribution < 1.29 is 9.90 Å². The molecule has 0 spiro atoms. The SMILES string of the molecule is CCN(CCO)C(=O)c1csc(-c2ccc(Cl)s2)n1. The lowest BCUT2D eigenvalue weighted by atomic mass is 10.4. The van der Waals surface area contributed by atoms with Crippen LogP contribution in [0.2, 0.25) is 4.34 Å². The molecule has 0 saturated carbocycles. The van der Waals surface area contributed by atoms with Gasteiger partial charge in [0.15, 0.2) is 0 Å². The zero-order valence-electron chi connectivity index (χ0n) is 10.3. The highest BCUT2D eigenvalue weighted by Crippen LogP contribution is 2.33. The molecule has 4 nitrogen and oxygen atoms in total. The van der Waals surface area contributed by atoms with E-state index < -0.39 is 0 Å². The van der Waals surface area contributed by atoms with Crippen molar-refractivity contribution in [3.63, 3.8) is 0 Å². The van der Waals surface area contributed by atoms with Crippen LogP contribution >= 0.6 is 34.3 Å². The van der Waals surface area contributed by atoms with E-state index in [1.165, 1.54) is 22.7 Å². The molecule has 0 radical (unpaired) electrons. The fourth-order valence-electron chi connectivity index (χ4n) is 1.60. The topological polar surface area (TPSA) is 53.4 Å². The van der Waals surface area contributed by atoms with Crippen LogP contribution in [0.4, 0.5) is 0 Å². The standard InChI is InChI=1S/C12H13ClN2O2S2/c1-2-15(5-6-16)12(17)8-7-18-11(14-8)9-3-4-10(13)19-9/h3-4,7,16H,2,5-6H2,1H3. The van der Waals surface area contributed by atoms with Crippen LogP contribution in [0.3, 0.4) is 0 Å². The quantitative estimate of drug-likeness (QED) is 0.922. The first-order valence-corrected chi connectivity index (χ1v) is 7.84. The summed E-state index contributed by atoms with van der Waals surface area (Å²) >= 11 is 8.75. The van der Waals surface area contributed by atoms with E-state index in [0.717, 1.165) is 9.88 Å². The van der Waals surface area contributed by atoms with Crippen LogP contribution in [0, 0.1) is 0 Å². The molecule has 0 aliphatic rings. The fourth-order valence-corrected chi connectivity index (χ4v) is 3.51. The minimum Gasteiger partial charge on any atom is -0.395 e. The average molecular weight is 317 g/mol. The number of thiophene rings is 1. The number of aliphatic hydroxyl groups is 1. The van der Waals surface area contributed by atoms with E-state index >= 15 is 0 Å². The van der Waals surface area contributed by atoms with Gasteiger partial charge < -0.3 is 10.0 Å². The fraction of sp³-hybridized carbons (Fsp3) is 0.333. The second-order valence-electron chi connectivity index (χ2n) is 3.75. The van der Waals surface area contributed by atoms with Gasteiger partial charge in [0.25, 0.3) is 5.91 Å². The summed E-state index contributed by atoms with van der Waals surface area (Å²) in [5, 5.41) is 11.5. The zero-order chi connectivity index (χ0) is 13.8. The molecular weight excluding hydrogens is 304 g/mol. The van der Waals surface area contributed by atoms with E-state index in [2.05, 4.69) is 4.98 Å². The maximum atomic E-state index is 12.2. The molecule has 0 bridgehead atoms. The molecule has 2 rings (SSSR count). The monoisotopic (exact) mass is 316 g/mol. The summed E-state index contributed by atoms with van der Waals surface area (Å²) in [6.07, 6.45) is 0. The van der Waals surface area contributed by atoms with Gasteiger partial charge >= 0.3 is 0 Å². The smallest absolute Gasteiger partial charge is 0.273 e. The first-order chi connectivity index (χ1) is 9.15. The van der Waals surface area contributed by atoms with E-state index in [-0.39, 0.29) is 12.5 Å². The number of rotatable bonds is 5. The second-order valence-corrected chi connectivity index (χ2v) is 6.32. The van der Waals surface area contributed by atoms with E-state index in [4.69, 9.17) is 16.7 Å². The van der Waals surface area contributed by atoms with Crippen molar-refractivity contribution in [1.82, 2.24) is 9.88 Å². The first kappa shape index (κ1) is 14.5. The van der Waals surface area contributed by atoms with Gasteiger partial charge in [-0.1, -0.05) is 11.6 Å². The molecule has 0 aromatic carbocycles. The van der Waals surface area contributed by atoms with Crippen molar-refractivity contribution in [2.24, 2.45) is 0 Å². The number of amides is 1. The van der Waals surface area contributed by atoms with Crippen molar-refractivity contribution >= 4 is 40.2 Å². The van der Waals surface area contributed by atoms with Gasteiger partial charge in [-0.3, -0.25) is 4.79 Å². The Labute approximate surface area is 124 Å². The Bertz CT molecular complexity index is 568. The van der Waals surface area contributed by atoms with Gasteiger partial charge in [0.1, 0.15) is 10.7 Å². The van der Waals surface area contributed by atoms with Gasteiger partial charge in [0.2, 0.25) is 0 Å². The number of nitrogens with zero attached hydrogens (tertiary/aromatic N) is 2. The Morgan fingerprint density at radius 1 is 1.53 bits per heavy atom. The third-order valence-corrected chi connectivity index (χ3v) is 4.79. The Morgan fingerprint density at radius 2 is 2.32 bits per heavy atom. The number of aromatic nitrogens is 1. The van der Waals surface area contributed by atoms with Gasteiger partial charge in [-0.2, -0.15) is 0 Å². The van der Waals surface area contributed by atoms with Gasteiger partial charge in [0.05, 0.1) is 15.8 Å². The van der Waals surface area contributed by atoms with Crippen LogP contribution in [0.15, 0.2) is 17.5 Å². The third kappa shape index (κ3) is 3.33. The van der Waals surface area contributed by atoms with Crippen molar-refractivity contribution in [2.75, 3.05) is 19.7 Å². The summed E-state index contributed by atoms with van der Waals surface area (Å²) in [5.41, 5.74) is 0.417. The van der Waals surface area contributed by atoms with Gasteiger partial charge in [-0.25, -0.2) is 4.98 Å². The van der Waals surface area contributed by atoms with Crippen LogP contribution in [0.5, 0.6) is 0 Å². The predicted octanol–water partition coefficient (Wildman–Crippen LogP) is 2.98.